The van der Waals surface area contributed by atoms with Crippen molar-refractivity contribution < 1.29 is 9.21 Å². The molecule has 1 saturated carbocycles. The van der Waals surface area contributed by atoms with Crippen LogP contribution in [0, 0.1) is 0 Å². The van der Waals surface area contributed by atoms with Gasteiger partial charge in [-0.1, -0.05) is 6.58 Å². The predicted octanol–water partition coefficient (Wildman–Crippen LogP) is 1.70. The van der Waals surface area contributed by atoms with E-state index in [-0.39, 0.29) is 5.91 Å². The van der Waals surface area contributed by atoms with Crippen molar-refractivity contribution in [2.45, 2.75) is 25.3 Å². The highest BCUT2D eigenvalue weighted by Gasteiger charge is 2.27. The van der Waals surface area contributed by atoms with Gasteiger partial charge in [0.1, 0.15) is 5.76 Å². The molecule has 0 atom stereocenters. The van der Waals surface area contributed by atoms with Crippen LogP contribution in [0.4, 0.5) is 0 Å². The highest BCUT2D eigenvalue weighted by molar-refractivity contribution is 5.86. The van der Waals surface area contributed by atoms with E-state index in [4.69, 9.17) is 4.42 Å². The van der Waals surface area contributed by atoms with Crippen LogP contribution in [-0.4, -0.2) is 22.8 Å². The second-order valence-corrected chi connectivity index (χ2v) is 3.83. The highest BCUT2D eigenvalue weighted by Crippen LogP contribution is 2.40. The van der Waals surface area contributed by atoms with Gasteiger partial charge in [-0.2, -0.15) is 0 Å². The number of aromatic nitrogens is 1. The molecule has 0 N–H and O–H groups in total. The van der Waals surface area contributed by atoms with Crippen LogP contribution < -0.4 is 0 Å². The molecule has 1 heterocycles. The molecule has 1 amide bonds. The Morgan fingerprint density at radius 3 is 3.13 bits per heavy atom. The summed E-state index contributed by atoms with van der Waals surface area (Å²) < 4.78 is 5.53. The number of hydrogen-bond acceptors (Lipinski definition) is 3. The molecule has 1 aromatic rings. The zero-order chi connectivity index (χ0) is 10.8. The van der Waals surface area contributed by atoms with Gasteiger partial charge in [-0.3, -0.25) is 4.79 Å². The number of oxazole rings is 1. The zero-order valence-electron chi connectivity index (χ0n) is 8.77. The molecule has 0 unspecified atom stereocenters. The molecule has 2 rings (SSSR count). The van der Waals surface area contributed by atoms with Gasteiger partial charge in [-0.05, 0) is 18.9 Å². The highest BCUT2D eigenvalue weighted by atomic mass is 16.4. The summed E-state index contributed by atoms with van der Waals surface area (Å²) in [6.07, 6.45) is 5.43. The lowest BCUT2D eigenvalue weighted by Gasteiger charge is -2.11. The fraction of sp³-hybridized carbons (Fsp3) is 0.455. The monoisotopic (exact) mass is 206 g/mol. The predicted molar refractivity (Wildman–Crippen MR) is 55.1 cm³/mol. The van der Waals surface area contributed by atoms with E-state index in [1.54, 1.807) is 13.2 Å². The zero-order valence-corrected chi connectivity index (χ0v) is 8.77. The minimum Gasteiger partial charge on any atom is -0.443 e. The van der Waals surface area contributed by atoms with Crippen molar-refractivity contribution in [2.24, 2.45) is 0 Å². The normalized spacial score (nSPS) is 15.0. The quantitative estimate of drug-likeness (QED) is 0.704. The number of likely N-dealkylation sites (N-methyl/N-ethyl adjacent to an activating group) is 1. The van der Waals surface area contributed by atoms with Crippen LogP contribution in [0.3, 0.4) is 0 Å². The van der Waals surface area contributed by atoms with Gasteiger partial charge in [0.05, 0.1) is 12.7 Å². The summed E-state index contributed by atoms with van der Waals surface area (Å²) in [7, 11) is 1.70. The second kappa shape index (κ2) is 3.88. The Morgan fingerprint density at radius 1 is 1.80 bits per heavy atom. The lowest BCUT2D eigenvalue weighted by atomic mass is 10.3. The van der Waals surface area contributed by atoms with Gasteiger partial charge >= 0.3 is 0 Å². The fourth-order valence-corrected chi connectivity index (χ4v) is 1.39. The first kappa shape index (κ1) is 9.96. The average molecular weight is 206 g/mol. The Morgan fingerprint density at radius 2 is 2.53 bits per heavy atom. The third-order valence-electron chi connectivity index (χ3n) is 2.47. The maximum atomic E-state index is 11.2. The molecular formula is C11H14N2O2. The summed E-state index contributed by atoms with van der Waals surface area (Å²) in [5, 5.41) is 0. The maximum Gasteiger partial charge on any atom is 0.246 e. The van der Waals surface area contributed by atoms with Crippen LogP contribution in [0.5, 0.6) is 0 Å². The minimum absolute atomic E-state index is 0.124. The Bertz CT molecular complexity index is 380. The standard InChI is InChI=1S/C11H14N2O2/c1-3-11(14)13(2)7-10-12-6-9(15-10)8-4-5-8/h3,6,8H,1,4-5,7H2,2H3. The van der Waals surface area contributed by atoms with Crippen molar-refractivity contribution >= 4 is 5.91 Å². The van der Waals surface area contributed by atoms with Crippen LogP contribution in [0.15, 0.2) is 23.3 Å². The van der Waals surface area contributed by atoms with E-state index in [9.17, 15) is 4.79 Å². The fourth-order valence-electron chi connectivity index (χ4n) is 1.39. The number of carbonyl (C=O) groups is 1. The van der Waals surface area contributed by atoms with Gasteiger partial charge in [0.25, 0.3) is 0 Å². The Hall–Kier alpha value is -1.58. The van der Waals surface area contributed by atoms with Gasteiger partial charge in [-0.15, -0.1) is 0 Å². The van der Waals surface area contributed by atoms with Crippen molar-refractivity contribution in [3.05, 3.63) is 30.5 Å². The van der Waals surface area contributed by atoms with E-state index in [1.807, 2.05) is 0 Å². The number of amides is 1. The van der Waals surface area contributed by atoms with Crippen molar-refractivity contribution in [2.75, 3.05) is 7.05 Å². The molecule has 1 aromatic heterocycles. The molecule has 1 aliphatic rings. The van der Waals surface area contributed by atoms with Crippen LogP contribution in [0.2, 0.25) is 0 Å². The number of nitrogens with zero attached hydrogens (tertiary/aromatic N) is 2. The van der Waals surface area contributed by atoms with E-state index >= 15 is 0 Å². The number of carbonyl (C=O) groups excluding carboxylic acids is 1. The molecule has 4 nitrogen and oxygen atoms in total. The lowest BCUT2D eigenvalue weighted by Crippen LogP contribution is -2.23. The molecular weight excluding hydrogens is 192 g/mol. The van der Waals surface area contributed by atoms with Gasteiger partial charge in [0.15, 0.2) is 0 Å². The van der Waals surface area contributed by atoms with Crippen LogP contribution in [0.25, 0.3) is 0 Å². The lowest BCUT2D eigenvalue weighted by molar-refractivity contribution is -0.125. The molecule has 0 aliphatic heterocycles. The molecule has 1 aliphatic carbocycles. The molecule has 80 valence electrons. The summed E-state index contributed by atoms with van der Waals surface area (Å²) >= 11 is 0. The largest absolute Gasteiger partial charge is 0.443 e. The molecule has 0 spiro atoms. The molecule has 4 heteroatoms. The van der Waals surface area contributed by atoms with Gasteiger partial charge in [0.2, 0.25) is 11.8 Å². The van der Waals surface area contributed by atoms with Gasteiger partial charge in [0, 0.05) is 13.0 Å². The van der Waals surface area contributed by atoms with Crippen LogP contribution >= 0.6 is 0 Å². The topological polar surface area (TPSA) is 46.3 Å². The molecule has 0 radical (unpaired) electrons. The van der Waals surface area contributed by atoms with Gasteiger partial charge in [-0.25, -0.2) is 4.98 Å². The Labute approximate surface area is 88.6 Å². The third kappa shape index (κ3) is 2.26. The summed E-state index contributed by atoms with van der Waals surface area (Å²) in [5.41, 5.74) is 0. The van der Waals surface area contributed by atoms with E-state index in [0.29, 0.717) is 18.4 Å². The van der Waals surface area contributed by atoms with Crippen molar-refractivity contribution in [3.63, 3.8) is 0 Å². The Kier molecular flexibility index (Phi) is 2.58. The summed E-state index contributed by atoms with van der Waals surface area (Å²) in [4.78, 5) is 16.9. The molecule has 0 saturated heterocycles. The Balaban J connectivity index is 1.97. The van der Waals surface area contributed by atoms with E-state index in [0.717, 1.165) is 5.76 Å². The first-order valence-electron chi connectivity index (χ1n) is 5.03. The molecule has 0 aromatic carbocycles. The summed E-state index contributed by atoms with van der Waals surface area (Å²) in [6.45, 7) is 3.82. The molecule has 1 fully saturated rings. The first-order valence-corrected chi connectivity index (χ1v) is 5.03. The summed E-state index contributed by atoms with van der Waals surface area (Å²) in [5.74, 6) is 1.98. The minimum atomic E-state index is -0.124. The number of hydrogen-bond donors (Lipinski definition) is 0. The smallest absolute Gasteiger partial charge is 0.246 e. The van der Waals surface area contributed by atoms with E-state index in [2.05, 4.69) is 11.6 Å². The van der Waals surface area contributed by atoms with E-state index in [1.165, 1.54) is 23.8 Å². The molecule has 15 heavy (non-hydrogen) atoms. The van der Waals surface area contributed by atoms with Crippen molar-refractivity contribution in [3.8, 4) is 0 Å². The van der Waals surface area contributed by atoms with Crippen molar-refractivity contribution in [1.29, 1.82) is 0 Å². The third-order valence-corrected chi connectivity index (χ3v) is 2.47. The van der Waals surface area contributed by atoms with E-state index < -0.39 is 0 Å². The number of rotatable bonds is 4. The average Bonchev–Trinajstić information content (AvgIpc) is 2.99. The maximum absolute atomic E-state index is 11.2. The molecule has 0 bridgehead atoms. The van der Waals surface area contributed by atoms with Crippen LogP contribution in [-0.2, 0) is 11.3 Å². The van der Waals surface area contributed by atoms with Crippen molar-refractivity contribution in [1.82, 2.24) is 9.88 Å². The first-order chi connectivity index (χ1) is 7.20. The summed E-state index contributed by atoms with van der Waals surface area (Å²) in [6, 6.07) is 0. The second-order valence-electron chi connectivity index (χ2n) is 3.83. The SMILES string of the molecule is C=CC(=O)N(C)Cc1ncc(C2CC2)o1. The van der Waals surface area contributed by atoms with Crippen LogP contribution in [0.1, 0.15) is 30.4 Å². The van der Waals surface area contributed by atoms with Gasteiger partial charge < -0.3 is 9.32 Å².